The van der Waals surface area contributed by atoms with Crippen LogP contribution in [0.4, 0.5) is 0 Å². The van der Waals surface area contributed by atoms with Gasteiger partial charge < -0.3 is 20.8 Å². The summed E-state index contributed by atoms with van der Waals surface area (Å²) in [5.41, 5.74) is 0.199. The quantitative estimate of drug-likeness (QED) is 0.630. The molecule has 1 atom stereocenters. The summed E-state index contributed by atoms with van der Waals surface area (Å²) in [6.07, 6.45) is 2.87. The number of hydrogen-bond donors (Lipinski definition) is 4. The van der Waals surface area contributed by atoms with Gasteiger partial charge in [-0.05, 0) is 44.5 Å². The molecular formula is C13H18N2O3. The first-order chi connectivity index (χ1) is 8.66. The molecule has 0 aliphatic carbocycles. The zero-order valence-corrected chi connectivity index (χ0v) is 10.1. The van der Waals surface area contributed by atoms with E-state index < -0.39 is 0 Å². The summed E-state index contributed by atoms with van der Waals surface area (Å²) >= 11 is 0. The van der Waals surface area contributed by atoms with Crippen LogP contribution in [0, 0.1) is 0 Å². The summed E-state index contributed by atoms with van der Waals surface area (Å²) < 4.78 is 0. The number of carbonyl (C=O) groups excluding carboxylic acids is 1. The van der Waals surface area contributed by atoms with Gasteiger partial charge in [-0.3, -0.25) is 4.79 Å². The zero-order valence-electron chi connectivity index (χ0n) is 10.1. The molecule has 1 fully saturated rings. The fraction of sp³-hybridized carbons (Fsp3) is 0.462. The van der Waals surface area contributed by atoms with Gasteiger partial charge in [-0.1, -0.05) is 0 Å². The Bertz CT molecular complexity index is 426. The van der Waals surface area contributed by atoms with Gasteiger partial charge in [-0.25, -0.2) is 0 Å². The highest BCUT2D eigenvalue weighted by Gasteiger charge is 2.17. The number of phenols is 2. The van der Waals surface area contributed by atoms with E-state index in [1.165, 1.54) is 18.2 Å². The summed E-state index contributed by atoms with van der Waals surface area (Å²) in [4.78, 5) is 12.0. The van der Waals surface area contributed by atoms with Crippen molar-refractivity contribution in [1.82, 2.24) is 10.6 Å². The van der Waals surface area contributed by atoms with Gasteiger partial charge in [-0.2, -0.15) is 0 Å². The molecule has 1 unspecified atom stereocenters. The third-order valence-corrected chi connectivity index (χ3v) is 3.14. The van der Waals surface area contributed by atoms with Gasteiger partial charge in [0.05, 0.1) is 5.56 Å². The Morgan fingerprint density at radius 3 is 2.89 bits per heavy atom. The second kappa shape index (κ2) is 5.73. The summed E-state index contributed by atoms with van der Waals surface area (Å²) in [5, 5.41) is 25.0. The molecule has 2 rings (SSSR count). The Morgan fingerprint density at radius 2 is 2.11 bits per heavy atom. The fourth-order valence-electron chi connectivity index (χ4n) is 2.14. The molecule has 1 amide bonds. The van der Waals surface area contributed by atoms with E-state index in [4.69, 9.17) is 0 Å². The standard InChI is InChI=1S/C13H18N2O3/c16-10-3-4-11(12(17)8-10)13(18)15-9-2-1-6-14-7-5-9/h3-4,8-9,14,16-17H,1-2,5-7H2,(H,15,18). The van der Waals surface area contributed by atoms with Gasteiger partial charge in [0, 0.05) is 12.1 Å². The molecule has 18 heavy (non-hydrogen) atoms. The van der Waals surface area contributed by atoms with Crippen molar-refractivity contribution in [3.63, 3.8) is 0 Å². The number of amides is 1. The van der Waals surface area contributed by atoms with Crippen molar-refractivity contribution in [3.8, 4) is 11.5 Å². The maximum absolute atomic E-state index is 12.0. The van der Waals surface area contributed by atoms with Crippen LogP contribution in [0.1, 0.15) is 29.6 Å². The van der Waals surface area contributed by atoms with Gasteiger partial charge in [-0.15, -0.1) is 0 Å². The van der Waals surface area contributed by atoms with E-state index in [0.29, 0.717) is 0 Å². The minimum atomic E-state index is -0.292. The highest BCUT2D eigenvalue weighted by atomic mass is 16.3. The fourth-order valence-corrected chi connectivity index (χ4v) is 2.14. The van der Waals surface area contributed by atoms with Gasteiger partial charge in [0.2, 0.25) is 0 Å². The minimum absolute atomic E-state index is 0.0530. The molecule has 1 aliphatic heterocycles. The first-order valence-corrected chi connectivity index (χ1v) is 6.20. The van der Waals surface area contributed by atoms with E-state index in [1.54, 1.807) is 0 Å². The van der Waals surface area contributed by atoms with Crippen molar-refractivity contribution in [2.24, 2.45) is 0 Å². The lowest BCUT2D eigenvalue weighted by Crippen LogP contribution is -2.35. The normalized spacial score (nSPS) is 20.1. The van der Waals surface area contributed by atoms with E-state index in [0.717, 1.165) is 32.4 Å². The summed E-state index contributed by atoms with van der Waals surface area (Å²) in [6.45, 7) is 1.88. The Kier molecular flexibility index (Phi) is 4.04. The molecule has 0 spiro atoms. The summed E-state index contributed by atoms with van der Waals surface area (Å²) in [5.74, 6) is -0.540. The van der Waals surface area contributed by atoms with E-state index in [2.05, 4.69) is 10.6 Å². The molecular weight excluding hydrogens is 232 g/mol. The Labute approximate surface area is 106 Å². The maximum Gasteiger partial charge on any atom is 0.255 e. The van der Waals surface area contributed by atoms with Crippen LogP contribution in [0.2, 0.25) is 0 Å². The van der Waals surface area contributed by atoms with Crippen LogP contribution in [0.25, 0.3) is 0 Å². The van der Waals surface area contributed by atoms with E-state index in [1.807, 2.05) is 0 Å². The Hall–Kier alpha value is -1.75. The SMILES string of the molecule is O=C(NC1CCCNCC1)c1ccc(O)cc1O. The molecule has 1 aliphatic rings. The van der Waals surface area contributed by atoms with Gasteiger partial charge in [0.15, 0.2) is 0 Å². The van der Waals surface area contributed by atoms with Crippen LogP contribution in [0.3, 0.4) is 0 Å². The zero-order chi connectivity index (χ0) is 13.0. The van der Waals surface area contributed by atoms with E-state index in [9.17, 15) is 15.0 Å². The lowest BCUT2D eigenvalue weighted by atomic mass is 10.1. The van der Waals surface area contributed by atoms with E-state index in [-0.39, 0.29) is 29.0 Å². The van der Waals surface area contributed by atoms with Gasteiger partial charge in [0.1, 0.15) is 11.5 Å². The van der Waals surface area contributed by atoms with Gasteiger partial charge in [0.25, 0.3) is 5.91 Å². The number of hydrogen-bond acceptors (Lipinski definition) is 4. The number of phenolic OH excluding ortho intramolecular Hbond substituents is 2. The molecule has 4 N–H and O–H groups in total. The number of rotatable bonds is 2. The third-order valence-electron chi connectivity index (χ3n) is 3.14. The van der Waals surface area contributed by atoms with Crippen LogP contribution in [-0.2, 0) is 0 Å². The lowest BCUT2D eigenvalue weighted by molar-refractivity contribution is 0.0931. The molecule has 1 saturated heterocycles. The lowest BCUT2D eigenvalue weighted by Gasteiger charge is -2.16. The predicted octanol–water partition coefficient (Wildman–Crippen LogP) is 0.970. The molecule has 1 heterocycles. The van der Waals surface area contributed by atoms with Crippen LogP contribution >= 0.6 is 0 Å². The van der Waals surface area contributed by atoms with Crippen molar-refractivity contribution in [2.45, 2.75) is 25.3 Å². The monoisotopic (exact) mass is 250 g/mol. The molecule has 1 aromatic rings. The number of carbonyl (C=O) groups is 1. The number of nitrogens with one attached hydrogen (secondary N) is 2. The van der Waals surface area contributed by atoms with Crippen molar-refractivity contribution < 1.29 is 15.0 Å². The molecule has 1 aromatic carbocycles. The van der Waals surface area contributed by atoms with Crippen LogP contribution < -0.4 is 10.6 Å². The van der Waals surface area contributed by atoms with Crippen molar-refractivity contribution in [2.75, 3.05) is 13.1 Å². The molecule has 0 aromatic heterocycles. The average molecular weight is 250 g/mol. The summed E-state index contributed by atoms with van der Waals surface area (Å²) in [7, 11) is 0. The van der Waals surface area contributed by atoms with Crippen LogP contribution in [0.15, 0.2) is 18.2 Å². The van der Waals surface area contributed by atoms with E-state index >= 15 is 0 Å². The van der Waals surface area contributed by atoms with Gasteiger partial charge >= 0.3 is 0 Å². The smallest absolute Gasteiger partial charge is 0.255 e. The van der Waals surface area contributed by atoms with Crippen molar-refractivity contribution in [1.29, 1.82) is 0 Å². The third kappa shape index (κ3) is 3.13. The number of aromatic hydroxyl groups is 2. The highest BCUT2D eigenvalue weighted by Crippen LogP contribution is 2.22. The molecule has 0 saturated carbocycles. The van der Waals surface area contributed by atoms with Crippen LogP contribution in [-0.4, -0.2) is 35.3 Å². The second-order valence-corrected chi connectivity index (χ2v) is 4.55. The molecule has 5 heteroatoms. The molecule has 5 nitrogen and oxygen atoms in total. The molecule has 98 valence electrons. The summed E-state index contributed by atoms with van der Waals surface area (Å²) in [6, 6.07) is 4.13. The Balaban J connectivity index is 2.02. The van der Waals surface area contributed by atoms with Crippen molar-refractivity contribution in [3.05, 3.63) is 23.8 Å². The predicted molar refractivity (Wildman–Crippen MR) is 67.7 cm³/mol. The Morgan fingerprint density at radius 1 is 1.28 bits per heavy atom. The average Bonchev–Trinajstić information content (AvgIpc) is 2.57. The first kappa shape index (κ1) is 12.7. The first-order valence-electron chi connectivity index (χ1n) is 6.20. The number of benzene rings is 1. The maximum atomic E-state index is 12.0. The second-order valence-electron chi connectivity index (χ2n) is 4.55. The van der Waals surface area contributed by atoms with Crippen molar-refractivity contribution >= 4 is 5.91 Å². The highest BCUT2D eigenvalue weighted by molar-refractivity contribution is 5.97. The topological polar surface area (TPSA) is 81.6 Å². The molecule has 0 radical (unpaired) electrons. The molecule has 0 bridgehead atoms. The minimum Gasteiger partial charge on any atom is -0.508 e. The van der Waals surface area contributed by atoms with Crippen LogP contribution in [0.5, 0.6) is 11.5 Å². The largest absolute Gasteiger partial charge is 0.508 e.